The van der Waals surface area contributed by atoms with Crippen molar-refractivity contribution in [3.05, 3.63) is 29.8 Å². The van der Waals surface area contributed by atoms with Gasteiger partial charge in [0, 0.05) is 11.6 Å². The van der Waals surface area contributed by atoms with Gasteiger partial charge in [0.15, 0.2) is 0 Å². The number of benzene rings is 1. The minimum Gasteiger partial charge on any atom is -0.462 e. The molecule has 21 heavy (non-hydrogen) atoms. The van der Waals surface area contributed by atoms with Crippen LogP contribution in [0.25, 0.3) is 0 Å². The lowest BCUT2D eigenvalue weighted by Crippen LogP contribution is -2.35. The zero-order valence-electron chi connectivity index (χ0n) is 12.0. The molecule has 4 nitrogen and oxygen atoms in total. The quantitative estimate of drug-likeness (QED) is 0.868. The van der Waals surface area contributed by atoms with Gasteiger partial charge in [0.2, 0.25) is 5.91 Å². The summed E-state index contributed by atoms with van der Waals surface area (Å²) in [5.74, 6) is 0.00313. The summed E-state index contributed by atoms with van der Waals surface area (Å²) < 4.78 is 5.38. The molecule has 1 saturated heterocycles. The molecule has 2 bridgehead atoms. The molecule has 1 N–H and O–H groups in total. The van der Waals surface area contributed by atoms with E-state index in [1.54, 1.807) is 0 Å². The van der Waals surface area contributed by atoms with Gasteiger partial charge in [0.1, 0.15) is 6.10 Å². The van der Waals surface area contributed by atoms with Crippen LogP contribution in [0.1, 0.15) is 25.3 Å². The Balaban J connectivity index is 1.51. The van der Waals surface area contributed by atoms with Gasteiger partial charge in [-0.25, -0.2) is 0 Å². The molecule has 1 aliphatic heterocycles. The highest BCUT2D eigenvalue weighted by molar-refractivity contribution is 5.96. The average molecular weight is 285 g/mol. The minimum absolute atomic E-state index is 0.0194. The Hall–Kier alpha value is -1.84. The number of ether oxygens (including phenoxy) is 1. The molecular formula is C17H19NO3. The van der Waals surface area contributed by atoms with E-state index in [1.165, 1.54) is 5.56 Å². The average Bonchev–Trinajstić information content (AvgIpc) is 3.09. The monoisotopic (exact) mass is 285 g/mol. The molecule has 0 unspecified atom stereocenters. The molecular weight excluding hydrogens is 266 g/mol. The number of aryl methyl sites for hydroxylation is 1. The van der Waals surface area contributed by atoms with Crippen LogP contribution < -0.4 is 5.32 Å². The summed E-state index contributed by atoms with van der Waals surface area (Å²) in [5.41, 5.74) is 2.05. The number of hydrogen-bond acceptors (Lipinski definition) is 3. The van der Waals surface area contributed by atoms with Gasteiger partial charge in [-0.2, -0.15) is 0 Å². The molecule has 2 aliphatic carbocycles. The van der Waals surface area contributed by atoms with Gasteiger partial charge < -0.3 is 10.1 Å². The molecule has 4 rings (SSSR count). The summed E-state index contributed by atoms with van der Waals surface area (Å²) in [6, 6.07) is 7.91. The van der Waals surface area contributed by atoms with Crippen LogP contribution in [0.15, 0.2) is 24.3 Å². The second-order valence-electron chi connectivity index (χ2n) is 6.46. The molecule has 1 amide bonds. The van der Waals surface area contributed by atoms with E-state index in [1.807, 2.05) is 24.3 Å². The summed E-state index contributed by atoms with van der Waals surface area (Å²) in [6.07, 6.45) is 2.89. The summed E-state index contributed by atoms with van der Waals surface area (Å²) in [7, 11) is 0. The third kappa shape index (κ3) is 1.88. The molecule has 4 heteroatoms. The molecule has 1 heterocycles. The number of amides is 1. The molecule has 3 aliphatic rings. The molecule has 5 atom stereocenters. The van der Waals surface area contributed by atoms with Crippen molar-refractivity contribution in [3.8, 4) is 0 Å². The molecule has 0 radical (unpaired) electrons. The van der Waals surface area contributed by atoms with E-state index in [-0.39, 0.29) is 35.7 Å². The number of esters is 1. The van der Waals surface area contributed by atoms with Crippen LogP contribution in [0.4, 0.5) is 5.69 Å². The molecule has 2 saturated carbocycles. The highest BCUT2D eigenvalue weighted by atomic mass is 16.6. The summed E-state index contributed by atoms with van der Waals surface area (Å²) >= 11 is 0. The van der Waals surface area contributed by atoms with Crippen LogP contribution in [-0.2, 0) is 20.7 Å². The van der Waals surface area contributed by atoms with Gasteiger partial charge in [0.25, 0.3) is 0 Å². The Bertz CT molecular complexity index is 593. The number of carbonyl (C=O) groups is 2. The fraction of sp³-hybridized carbons (Fsp3) is 0.529. The third-order valence-electron chi connectivity index (χ3n) is 5.42. The highest BCUT2D eigenvalue weighted by Gasteiger charge is 2.63. The topological polar surface area (TPSA) is 55.4 Å². The Morgan fingerprint density at radius 2 is 2.05 bits per heavy atom. The number of carbonyl (C=O) groups excluding carboxylic acids is 2. The number of hydrogen-bond donors (Lipinski definition) is 1. The summed E-state index contributed by atoms with van der Waals surface area (Å²) in [6.45, 7) is 2.10. The van der Waals surface area contributed by atoms with Crippen molar-refractivity contribution in [2.24, 2.45) is 23.7 Å². The first-order valence-corrected chi connectivity index (χ1v) is 7.77. The van der Waals surface area contributed by atoms with Crippen LogP contribution in [0, 0.1) is 23.7 Å². The molecule has 1 aromatic rings. The maximum atomic E-state index is 12.6. The molecule has 0 spiro atoms. The largest absolute Gasteiger partial charge is 0.462 e. The van der Waals surface area contributed by atoms with E-state index in [2.05, 4.69) is 12.2 Å². The second-order valence-corrected chi connectivity index (χ2v) is 6.46. The second kappa shape index (κ2) is 4.58. The van der Waals surface area contributed by atoms with Crippen molar-refractivity contribution in [3.63, 3.8) is 0 Å². The van der Waals surface area contributed by atoms with Crippen molar-refractivity contribution >= 4 is 17.6 Å². The van der Waals surface area contributed by atoms with Gasteiger partial charge in [-0.15, -0.1) is 0 Å². The Kier molecular flexibility index (Phi) is 2.81. The van der Waals surface area contributed by atoms with Crippen LogP contribution in [0.2, 0.25) is 0 Å². The third-order valence-corrected chi connectivity index (χ3v) is 5.42. The first-order valence-electron chi connectivity index (χ1n) is 7.77. The van der Waals surface area contributed by atoms with E-state index < -0.39 is 0 Å². The van der Waals surface area contributed by atoms with E-state index in [9.17, 15) is 9.59 Å². The van der Waals surface area contributed by atoms with E-state index in [0.29, 0.717) is 5.92 Å². The first kappa shape index (κ1) is 12.9. The van der Waals surface area contributed by atoms with Crippen molar-refractivity contribution in [2.45, 2.75) is 32.3 Å². The number of anilines is 1. The van der Waals surface area contributed by atoms with Crippen LogP contribution in [0.3, 0.4) is 0 Å². The SMILES string of the molecule is CCc1ccc(NC(=O)[C@@H]2[C@@H]3C[C@@H]4[C@H]2C(=O)O[C@H]4C3)cc1. The predicted molar refractivity (Wildman–Crippen MR) is 77.5 cm³/mol. The number of rotatable bonds is 3. The predicted octanol–water partition coefficient (Wildman–Crippen LogP) is 2.39. The summed E-state index contributed by atoms with van der Waals surface area (Å²) in [4.78, 5) is 24.5. The smallest absolute Gasteiger partial charge is 0.310 e. The standard InChI is InChI=1S/C17H19NO3/c1-2-9-3-5-11(6-4-9)18-16(19)14-10-7-12-13(8-10)21-17(20)15(12)14/h3-6,10,12-15H,2,7-8H2,1H3,(H,18,19)/t10-,12+,13+,14-,15-/m1/s1. The van der Waals surface area contributed by atoms with Crippen LogP contribution >= 0.6 is 0 Å². The lowest BCUT2D eigenvalue weighted by Gasteiger charge is -2.23. The van der Waals surface area contributed by atoms with Crippen LogP contribution in [0.5, 0.6) is 0 Å². The number of nitrogens with one attached hydrogen (secondary N) is 1. The maximum absolute atomic E-state index is 12.6. The van der Waals surface area contributed by atoms with Crippen molar-refractivity contribution in [1.29, 1.82) is 0 Å². The van der Waals surface area contributed by atoms with Gasteiger partial charge in [-0.05, 0) is 42.9 Å². The Morgan fingerprint density at radius 1 is 1.29 bits per heavy atom. The fourth-order valence-corrected chi connectivity index (χ4v) is 4.41. The zero-order valence-corrected chi connectivity index (χ0v) is 12.0. The normalized spacial score (nSPS) is 35.9. The Labute approximate surface area is 123 Å². The Morgan fingerprint density at radius 3 is 2.76 bits per heavy atom. The van der Waals surface area contributed by atoms with E-state index in [0.717, 1.165) is 24.9 Å². The molecule has 3 fully saturated rings. The minimum atomic E-state index is -0.205. The van der Waals surface area contributed by atoms with Crippen molar-refractivity contribution in [2.75, 3.05) is 5.32 Å². The summed E-state index contributed by atoms with van der Waals surface area (Å²) in [5, 5.41) is 2.98. The lowest BCUT2D eigenvalue weighted by molar-refractivity contribution is -0.145. The van der Waals surface area contributed by atoms with Gasteiger partial charge in [-0.1, -0.05) is 19.1 Å². The van der Waals surface area contributed by atoms with Gasteiger partial charge in [-0.3, -0.25) is 9.59 Å². The highest BCUT2D eigenvalue weighted by Crippen LogP contribution is 2.57. The fourth-order valence-electron chi connectivity index (χ4n) is 4.41. The molecule has 0 aromatic heterocycles. The van der Waals surface area contributed by atoms with Crippen molar-refractivity contribution < 1.29 is 14.3 Å². The first-order chi connectivity index (χ1) is 10.2. The van der Waals surface area contributed by atoms with Crippen molar-refractivity contribution in [1.82, 2.24) is 0 Å². The molecule has 1 aromatic carbocycles. The number of fused-ring (bicyclic) bond motifs is 1. The molecule has 110 valence electrons. The van der Waals surface area contributed by atoms with E-state index in [4.69, 9.17) is 4.74 Å². The van der Waals surface area contributed by atoms with Crippen LogP contribution in [-0.4, -0.2) is 18.0 Å². The lowest BCUT2D eigenvalue weighted by atomic mass is 9.79. The van der Waals surface area contributed by atoms with E-state index >= 15 is 0 Å². The van der Waals surface area contributed by atoms with Gasteiger partial charge >= 0.3 is 5.97 Å². The zero-order chi connectivity index (χ0) is 14.6. The maximum Gasteiger partial charge on any atom is 0.310 e. The van der Waals surface area contributed by atoms with Gasteiger partial charge in [0.05, 0.1) is 11.8 Å².